The van der Waals surface area contributed by atoms with E-state index in [0.29, 0.717) is 6.54 Å². The van der Waals surface area contributed by atoms with Crippen LogP contribution in [0.3, 0.4) is 0 Å². The number of imidazole rings is 1. The molecule has 0 radical (unpaired) electrons. The first-order chi connectivity index (χ1) is 12.1. The van der Waals surface area contributed by atoms with E-state index in [-0.39, 0.29) is 12.1 Å². The molecule has 128 valence electrons. The summed E-state index contributed by atoms with van der Waals surface area (Å²) in [6.07, 6.45) is 6.96. The number of nitrogens with zero attached hydrogens (tertiary/aromatic N) is 4. The first kappa shape index (κ1) is 16.7. The Morgan fingerprint density at radius 3 is 2.76 bits per heavy atom. The average Bonchev–Trinajstić information content (AvgIpc) is 3.20. The molecular weight excluding hydrogens is 314 g/mol. The van der Waals surface area contributed by atoms with Gasteiger partial charge in [-0.1, -0.05) is 30.3 Å². The minimum Gasteiger partial charge on any atom is -0.334 e. The number of aromatic nitrogens is 3. The van der Waals surface area contributed by atoms with Crippen LogP contribution in [-0.4, -0.2) is 32.5 Å². The van der Waals surface area contributed by atoms with E-state index >= 15 is 0 Å². The zero-order valence-electron chi connectivity index (χ0n) is 14.3. The van der Waals surface area contributed by atoms with Crippen LogP contribution in [0.5, 0.6) is 0 Å². The Labute approximate surface area is 147 Å². The van der Waals surface area contributed by atoms with Crippen LogP contribution in [0.1, 0.15) is 24.1 Å². The van der Waals surface area contributed by atoms with Gasteiger partial charge < -0.3 is 10.2 Å². The van der Waals surface area contributed by atoms with E-state index in [1.807, 2.05) is 60.2 Å². The summed E-state index contributed by atoms with van der Waals surface area (Å²) in [4.78, 5) is 22.5. The zero-order valence-corrected chi connectivity index (χ0v) is 14.3. The minimum atomic E-state index is -0.114. The lowest BCUT2D eigenvalue weighted by Crippen LogP contribution is -2.38. The Bertz CT molecular complexity index is 817. The van der Waals surface area contributed by atoms with Crippen molar-refractivity contribution in [3.63, 3.8) is 0 Å². The van der Waals surface area contributed by atoms with Crippen molar-refractivity contribution < 1.29 is 4.79 Å². The Hall–Kier alpha value is -3.15. The second kappa shape index (κ2) is 7.61. The number of carbonyl (C=O) groups is 1. The van der Waals surface area contributed by atoms with Crippen LogP contribution < -0.4 is 5.32 Å². The number of urea groups is 1. The summed E-state index contributed by atoms with van der Waals surface area (Å²) in [7, 11) is 1.80. The van der Waals surface area contributed by atoms with Crippen LogP contribution >= 0.6 is 0 Å². The second-order valence-corrected chi connectivity index (χ2v) is 5.85. The monoisotopic (exact) mass is 335 g/mol. The highest BCUT2D eigenvalue weighted by Crippen LogP contribution is 2.18. The molecule has 0 saturated heterocycles. The Morgan fingerprint density at radius 1 is 1.24 bits per heavy atom. The predicted octanol–water partition coefficient (Wildman–Crippen LogP) is 3.17. The van der Waals surface area contributed by atoms with Gasteiger partial charge in [0.05, 0.1) is 6.04 Å². The van der Waals surface area contributed by atoms with Gasteiger partial charge in [0, 0.05) is 32.2 Å². The highest BCUT2D eigenvalue weighted by atomic mass is 16.2. The maximum atomic E-state index is 12.4. The van der Waals surface area contributed by atoms with Crippen LogP contribution in [0.4, 0.5) is 4.79 Å². The molecule has 2 aromatic heterocycles. The maximum Gasteiger partial charge on any atom is 0.317 e. The summed E-state index contributed by atoms with van der Waals surface area (Å²) in [5.74, 6) is 0.773. The molecule has 6 heteroatoms. The van der Waals surface area contributed by atoms with Gasteiger partial charge in [0.25, 0.3) is 0 Å². The third-order valence-electron chi connectivity index (χ3n) is 4.21. The normalized spacial score (nSPS) is 11.8. The first-order valence-electron chi connectivity index (χ1n) is 8.14. The molecular formula is C19H21N5O. The van der Waals surface area contributed by atoms with Crippen molar-refractivity contribution in [2.24, 2.45) is 0 Å². The third kappa shape index (κ3) is 4.03. The van der Waals surface area contributed by atoms with E-state index in [2.05, 4.69) is 15.3 Å². The fraction of sp³-hybridized carbons (Fsp3) is 0.211. The minimum absolute atomic E-state index is 0.000139. The topological polar surface area (TPSA) is 63.1 Å². The SMILES string of the molecule is CC(c1ccccc1)N(C)C(=O)NCc1ccnc(-n2ccnc2)c1. The molecule has 3 rings (SSSR count). The molecule has 1 N–H and O–H groups in total. The van der Waals surface area contributed by atoms with Gasteiger partial charge in [-0.15, -0.1) is 0 Å². The smallest absolute Gasteiger partial charge is 0.317 e. The molecule has 0 spiro atoms. The molecule has 0 bridgehead atoms. The van der Waals surface area contributed by atoms with Gasteiger partial charge in [-0.05, 0) is 30.2 Å². The molecule has 3 aromatic rings. The molecule has 1 unspecified atom stereocenters. The van der Waals surface area contributed by atoms with Crippen molar-refractivity contribution in [2.45, 2.75) is 19.5 Å². The number of hydrogen-bond acceptors (Lipinski definition) is 3. The zero-order chi connectivity index (χ0) is 17.6. The van der Waals surface area contributed by atoms with Crippen molar-refractivity contribution in [1.82, 2.24) is 24.8 Å². The van der Waals surface area contributed by atoms with Crippen LogP contribution in [0.15, 0.2) is 67.4 Å². The summed E-state index contributed by atoms with van der Waals surface area (Å²) < 4.78 is 1.83. The number of nitrogens with one attached hydrogen (secondary N) is 1. The van der Waals surface area contributed by atoms with Crippen molar-refractivity contribution in [3.8, 4) is 5.82 Å². The van der Waals surface area contributed by atoms with E-state index in [4.69, 9.17) is 0 Å². The van der Waals surface area contributed by atoms with E-state index in [1.54, 1.807) is 30.7 Å². The van der Waals surface area contributed by atoms with Crippen LogP contribution in [0.25, 0.3) is 5.82 Å². The molecule has 2 amide bonds. The fourth-order valence-electron chi connectivity index (χ4n) is 2.54. The van der Waals surface area contributed by atoms with Crippen LogP contribution in [-0.2, 0) is 6.54 Å². The van der Waals surface area contributed by atoms with E-state index < -0.39 is 0 Å². The molecule has 25 heavy (non-hydrogen) atoms. The summed E-state index contributed by atoms with van der Waals surface area (Å²) in [5, 5.41) is 2.96. The van der Waals surface area contributed by atoms with E-state index in [0.717, 1.165) is 16.9 Å². The van der Waals surface area contributed by atoms with Crippen molar-refractivity contribution >= 4 is 6.03 Å². The predicted molar refractivity (Wildman–Crippen MR) is 96.2 cm³/mol. The van der Waals surface area contributed by atoms with Gasteiger partial charge in [0.15, 0.2) is 0 Å². The van der Waals surface area contributed by atoms with Crippen molar-refractivity contribution in [3.05, 3.63) is 78.5 Å². The van der Waals surface area contributed by atoms with Gasteiger partial charge in [0.2, 0.25) is 0 Å². The van der Waals surface area contributed by atoms with Crippen molar-refractivity contribution in [1.29, 1.82) is 0 Å². The van der Waals surface area contributed by atoms with Gasteiger partial charge >= 0.3 is 6.03 Å². The fourth-order valence-corrected chi connectivity index (χ4v) is 2.54. The molecule has 0 aliphatic rings. The standard InChI is InChI=1S/C19H21N5O/c1-15(17-6-4-3-5-7-17)23(2)19(25)22-13-16-8-9-21-18(12-16)24-11-10-20-14-24/h3-12,14-15H,13H2,1-2H3,(H,22,25). The first-order valence-corrected chi connectivity index (χ1v) is 8.14. The van der Waals surface area contributed by atoms with E-state index in [1.165, 1.54) is 0 Å². The third-order valence-corrected chi connectivity index (χ3v) is 4.21. The van der Waals surface area contributed by atoms with Gasteiger partial charge in [0.1, 0.15) is 12.1 Å². The van der Waals surface area contributed by atoms with E-state index in [9.17, 15) is 4.79 Å². The second-order valence-electron chi connectivity index (χ2n) is 5.85. The maximum absolute atomic E-state index is 12.4. The molecule has 1 aromatic carbocycles. The highest BCUT2D eigenvalue weighted by Gasteiger charge is 2.16. The highest BCUT2D eigenvalue weighted by molar-refractivity contribution is 5.74. The largest absolute Gasteiger partial charge is 0.334 e. The van der Waals surface area contributed by atoms with Crippen LogP contribution in [0.2, 0.25) is 0 Å². The van der Waals surface area contributed by atoms with Gasteiger partial charge in [-0.2, -0.15) is 0 Å². The summed E-state index contributed by atoms with van der Waals surface area (Å²) in [6.45, 7) is 2.45. The number of carbonyl (C=O) groups excluding carboxylic acids is 1. The number of hydrogen-bond donors (Lipinski definition) is 1. The quantitative estimate of drug-likeness (QED) is 0.779. The molecule has 6 nitrogen and oxygen atoms in total. The molecule has 1 atom stereocenters. The molecule has 0 fully saturated rings. The number of rotatable bonds is 5. The van der Waals surface area contributed by atoms with Crippen molar-refractivity contribution in [2.75, 3.05) is 7.05 Å². The lowest BCUT2D eigenvalue weighted by Gasteiger charge is -2.25. The Morgan fingerprint density at radius 2 is 2.04 bits per heavy atom. The Kier molecular flexibility index (Phi) is 5.09. The lowest BCUT2D eigenvalue weighted by molar-refractivity contribution is 0.194. The lowest BCUT2D eigenvalue weighted by atomic mass is 10.1. The Balaban J connectivity index is 1.61. The van der Waals surface area contributed by atoms with Crippen LogP contribution in [0, 0.1) is 0 Å². The van der Waals surface area contributed by atoms with Gasteiger partial charge in [-0.3, -0.25) is 4.57 Å². The number of benzene rings is 1. The molecule has 2 heterocycles. The van der Waals surface area contributed by atoms with Gasteiger partial charge in [-0.25, -0.2) is 14.8 Å². The summed E-state index contributed by atoms with van der Waals surface area (Å²) in [6, 6.07) is 13.7. The summed E-state index contributed by atoms with van der Waals surface area (Å²) >= 11 is 0. The molecule has 0 saturated carbocycles. The molecule has 0 aliphatic heterocycles. The summed E-state index contributed by atoms with van der Waals surface area (Å²) in [5.41, 5.74) is 2.08. The number of pyridine rings is 1. The number of amides is 2. The average molecular weight is 335 g/mol. The molecule has 0 aliphatic carbocycles.